The highest BCUT2D eigenvalue weighted by atomic mass is 35.5. The van der Waals surface area contributed by atoms with Crippen molar-refractivity contribution in [3.63, 3.8) is 0 Å². The molecule has 0 radical (unpaired) electrons. The molecule has 1 aromatic carbocycles. The number of sulfone groups is 1. The van der Waals surface area contributed by atoms with E-state index in [1.807, 2.05) is 0 Å². The lowest BCUT2D eigenvalue weighted by atomic mass is 10.2. The third kappa shape index (κ3) is 3.71. The van der Waals surface area contributed by atoms with E-state index in [-0.39, 0.29) is 27.2 Å². The van der Waals surface area contributed by atoms with Crippen LogP contribution in [-0.4, -0.2) is 49.7 Å². The van der Waals surface area contributed by atoms with Gasteiger partial charge in [-0.1, -0.05) is 29.3 Å². The summed E-state index contributed by atoms with van der Waals surface area (Å²) in [7, 11) is -1.73. The van der Waals surface area contributed by atoms with Crippen LogP contribution in [0.5, 0.6) is 0 Å². The zero-order valence-electron chi connectivity index (χ0n) is 11.7. The number of nitrogens with one attached hydrogen (secondary N) is 1. The third-order valence-corrected chi connectivity index (χ3v) is 6.04. The van der Waals surface area contributed by atoms with Gasteiger partial charge in [0.1, 0.15) is 0 Å². The molecule has 1 N–H and O–H groups in total. The van der Waals surface area contributed by atoms with Gasteiger partial charge in [0, 0.05) is 13.1 Å². The number of rotatable bonds is 2. The molecule has 22 heavy (non-hydrogen) atoms. The van der Waals surface area contributed by atoms with Gasteiger partial charge in [-0.25, -0.2) is 8.42 Å². The van der Waals surface area contributed by atoms with Crippen molar-refractivity contribution in [3.05, 3.63) is 28.2 Å². The number of halogens is 2. The number of carbonyl (C=O) groups excluding carboxylic acids is 2. The quantitative estimate of drug-likeness (QED) is 0.807. The number of benzene rings is 1. The van der Waals surface area contributed by atoms with Gasteiger partial charge in [-0.05, 0) is 18.6 Å². The highest BCUT2D eigenvalue weighted by molar-refractivity contribution is 7.91. The van der Waals surface area contributed by atoms with Crippen molar-refractivity contribution in [3.8, 4) is 0 Å². The number of hydrogen-bond donors (Lipinski definition) is 1. The number of hydrogen-bond acceptors (Lipinski definition) is 4. The van der Waals surface area contributed by atoms with Crippen LogP contribution in [0.3, 0.4) is 0 Å². The van der Waals surface area contributed by atoms with Crippen molar-refractivity contribution in [2.75, 3.05) is 23.9 Å². The van der Waals surface area contributed by atoms with E-state index in [1.165, 1.54) is 13.1 Å². The van der Waals surface area contributed by atoms with Gasteiger partial charge in [0.2, 0.25) is 0 Å². The molecule has 0 aromatic heterocycles. The van der Waals surface area contributed by atoms with Gasteiger partial charge in [-0.3, -0.25) is 9.59 Å². The highest BCUT2D eigenvalue weighted by Crippen LogP contribution is 2.29. The Hall–Kier alpha value is -1.31. The lowest BCUT2D eigenvalue weighted by Crippen LogP contribution is -2.43. The van der Waals surface area contributed by atoms with Crippen LogP contribution in [0.2, 0.25) is 10.0 Å². The molecular formula is C13H14Cl2N2O4S. The summed E-state index contributed by atoms with van der Waals surface area (Å²) in [6.07, 6.45) is 0.329. The van der Waals surface area contributed by atoms with Gasteiger partial charge in [0.15, 0.2) is 9.84 Å². The van der Waals surface area contributed by atoms with Gasteiger partial charge in [0.25, 0.3) is 0 Å². The number of likely N-dealkylation sites (N-methyl/N-ethyl adjacent to an activating group) is 1. The molecule has 1 fully saturated rings. The maximum absolute atomic E-state index is 12.1. The van der Waals surface area contributed by atoms with E-state index in [4.69, 9.17) is 23.2 Å². The third-order valence-electron chi connectivity index (χ3n) is 3.47. The average Bonchev–Trinajstić information content (AvgIpc) is 2.82. The Morgan fingerprint density at radius 1 is 1.32 bits per heavy atom. The molecule has 0 saturated carbocycles. The molecule has 0 spiro atoms. The van der Waals surface area contributed by atoms with Crippen LogP contribution < -0.4 is 5.32 Å². The molecular weight excluding hydrogens is 351 g/mol. The molecule has 2 amide bonds. The second-order valence-electron chi connectivity index (χ2n) is 5.03. The van der Waals surface area contributed by atoms with Crippen molar-refractivity contribution in [1.82, 2.24) is 4.90 Å². The van der Waals surface area contributed by atoms with Crippen molar-refractivity contribution in [2.24, 2.45) is 0 Å². The highest BCUT2D eigenvalue weighted by Gasteiger charge is 2.34. The van der Waals surface area contributed by atoms with Crippen LogP contribution in [0.1, 0.15) is 6.42 Å². The van der Waals surface area contributed by atoms with Gasteiger partial charge < -0.3 is 10.2 Å². The molecule has 0 aliphatic carbocycles. The molecule has 120 valence electrons. The average molecular weight is 365 g/mol. The van der Waals surface area contributed by atoms with Gasteiger partial charge in [-0.15, -0.1) is 0 Å². The van der Waals surface area contributed by atoms with Crippen molar-refractivity contribution in [1.29, 1.82) is 0 Å². The van der Waals surface area contributed by atoms with E-state index in [9.17, 15) is 18.0 Å². The largest absolute Gasteiger partial charge is 0.333 e. The van der Waals surface area contributed by atoms with E-state index in [2.05, 4.69) is 5.32 Å². The number of anilines is 1. The summed E-state index contributed by atoms with van der Waals surface area (Å²) in [5, 5.41) is 2.77. The zero-order chi connectivity index (χ0) is 16.5. The Kier molecular flexibility index (Phi) is 4.99. The minimum atomic E-state index is -3.14. The summed E-state index contributed by atoms with van der Waals surface area (Å²) in [6, 6.07) is 4.16. The summed E-state index contributed by atoms with van der Waals surface area (Å²) in [5.74, 6) is -1.81. The number of carbonyl (C=O) groups is 2. The Labute approximate surface area is 138 Å². The standard InChI is InChI=1S/C13H14Cl2N2O4S/c1-17(8-5-6-22(20,21)7-8)13(19)12(18)16-10-4-2-3-9(14)11(10)15/h2-4,8H,5-7H2,1H3,(H,16,18). The predicted octanol–water partition coefficient (Wildman–Crippen LogP) is 1.58. The topological polar surface area (TPSA) is 83.6 Å². The first-order chi connectivity index (χ1) is 10.2. The van der Waals surface area contributed by atoms with Crippen molar-refractivity contribution >= 4 is 50.5 Å². The van der Waals surface area contributed by atoms with Crippen LogP contribution in [0.4, 0.5) is 5.69 Å². The fourth-order valence-corrected chi connectivity index (χ4v) is 4.31. The molecule has 9 heteroatoms. The number of nitrogens with zero attached hydrogens (tertiary/aromatic N) is 1. The Morgan fingerprint density at radius 2 is 2.00 bits per heavy atom. The fourth-order valence-electron chi connectivity index (χ4n) is 2.18. The van der Waals surface area contributed by atoms with E-state index >= 15 is 0 Å². The predicted molar refractivity (Wildman–Crippen MR) is 84.9 cm³/mol. The van der Waals surface area contributed by atoms with Crippen molar-refractivity contribution < 1.29 is 18.0 Å². The second-order valence-corrected chi connectivity index (χ2v) is 8.04. The normalized spacial score (nSPS) is 19.7. The summed E-state index contributed by atoms with van der Waals surface area (Å²) in [6.45, 7) is 0. The first kappa shape index (κ1) is 17.1. The maximum Gasteiger partial charge on any atom is 0.313 e. The molecule has 1 saturated heterocycles. The Balaban J connectivity index is 2.06. The van der Waals surface area contributed by atoms with Gasteiger partial charge in [0.05, 0.1) is 27.2 Å². The summed E-state index contributed by atoms with van der Waals surface area (Å²) < 4.78 is 22.9. The van der Waals surface area contributed by atoms with Gasteiger partial charge in [-0.2, -0.15) is 0 Å². The van der Waals surface area contributed by atoms with Gasteiger partial charge >= 0.3 is 11.8 Å². The van der Waals surface area contributed by atoms with Crippen LogP contribution >= 0.6 is 23.2 Å². The van der Waals surface area contributed by atoms with E-state index in [0.29, 0.717) is 6.42 Å². The van der Waals surface area contributed by atoms with E-state index in [1.54, 1.807) is 12.1 Å². The fraction of sp³-hybridized carbons (Fsp3) is 0.385. The molecule has 1 heterocycles. The molecule has 0 bridgehead atoms. The molecule has 6 nitrogen and oxygen atoms in total. The first-order valence-electron chi connectivity index (χ1n) is 6.44. The zero-order valence-corrected chi connectivity index (χ0v) is 14.0. The summed E-state index contributed by atoms with van der Waals surface area (Å²) in [5.41, 5.74) is 0.222. The molecule has 1 aliphatic rings. The van der Waals surface area contributed by atoms with Crippen molar-refractivity contribution in [2.45, 2.75) is 12.5 Å². The van der Waals surface area contributed by atoms with E-state index in [0.717, 1.165) is 4.90 Å². The lowest BCUT2D eigenvalue weighted by molar-refractivity contribution is -0.143. The Morgan fingerprint density at radius 3 is 2.59 bits per heavy atom. The van der Waals surface area contributed by atoms with E-state index < -0.39 is 27.7 Å². The summed E-state index contributed by atoms with van der Waals surface area (Å²) in [4.78, 5) is 25.2. The molecule has 1 atom stereocenters. The smallest absolute Gasteiger partial charge is 0.313 e. The van der Waals surface area contributed by atoms with Crippen LogP contribution in [-0.2, 0) is 19.4 Å². The maximum atomic E-state index is 12.1. The van der Waals surface area contributed by atoms with Crippen LogP contribution in [0, 0.1) is 0 Å². The minimum Gasteiger partial charge on any atom is -0.333 e. The van der Waals surface area contributed by atoms with Crippen LogP contribution in [0.25, 0.3) is 0 Å². The lowest BCUT2D eigenvalue weighted by Gasteiger charge is -2.22. The SMILES string of the molecule is CN(C(=O)C(=O)Nc1cccc(Cl)c1Cl)C1CCS(=O)(=O)C1. The first-order valence-corrected chi connectivity index (χ1v) is 9.01. The van der Waals surface area contributed by atoms with Crippen LogP contribution in [0.15, 0.2) is 18.2 Å². The summed E-state index contributed by atoms with van der Waals surface area (Å²) >= 11 is 11.8. The molecule has 2 rings (SSSR count). The Bertz CT molecular complexity index is 721. The molecule has 1 unspecified atom stereocenters. The monoisotopic (exact) mass is 364 g/mol. The molecule has 1 aliphatic heterocycles. The molecule has 1 aromatic rings. The number of amides is 2. The minimum absolute atomic E-state index is 0.0248. The second kappa shape index (κ2) is 6.44.